The van der Waals surface area contributed by atoms with E-state index < -0.39 is 5.97 Å². The summed E-state index contributed by atoms with van der Waals surface area (Å²) in [5, 5.41) is 12.1. The molecule has 5 nitrogen and oxygen atoms in total. The fourth-order valence-corrected chi connectivity index (χ4v) is 3.03. The Hall–Kier alpha value is -2.76. The highest BCUT2D eigenvalue weighted by Gasteiger charge is 2.17. The number of fused-ring (bicyclic) bond motifs is 1. The van der Waals surface area contributed by atoms with E-state index in [4.69, 9.17) is 9.84 Å². The summed E-state index contributed by atoms with van der Waals surface area (Å²) in [5.41, 5.74) is 2.99. The molecule has 0 radical (unpaired) electrons. The predicted octanol–water partition coefficient (Wildman–Crippen LogP) is 3.54. The molecule has 138 valence electrons. The Balaban J connectivity index is 1.44. The first-order valence-electron chi connectivity index (χ1n) is 8.84. The lowest BCUT2D eigenvalue weighted by atomic mass is 10.1. The minimum Gasteiger partial charge on any atom is -0.489 e. The Bertz CT molecular complexity index is 749. The van der Waals surface area contributed by atoms with Crippen molar-refractivity contribution in [3.05, 3.63) is 53.8 Å². The fraction of sp³-hybridized carbons (Fsp3) is 0.350. The molecule has 6 heteroatoms. The summed E-state index contributed by atoms with van der Waals surface area (Å²) in [6.07, 6.45) is 1.64. The van der Waals surface area contributed by atoms with Crippen molar-refractivity contribution in [3.8, 4) is 5.75 Å². The number of benzene rings is 2. The lowest BCUT2D eigenvalue weighted by molar-refractivity contribution is -0.136. The van der Waals surface area contributed by atoms with E-state index in [9.17, 15) is 9.18 Å². The number of aryl methyl sites for hydroxylation is 1. The van der Waals surface area contributed by atoms with Crippen LogP contribution in [0.1, 0.15) is 18.4 Å². The molecule has 0 unspecified atom stereocenters. The monoisotopic (exact) mass is 358 g/mol. The lowest BCUT2D eigenvalue weighted by Gasteiger charge is -2.31. The van der Waals surface area contributed by atoms with Crippen molar-refractivity contribution in [1.29, 1.82) is 0 Å². The summed E-state index contributed by atoms with van der Waals surface area (Å²) in [7, 11) is 0. The van der Waals surface area contributed by atoms with Crippen molar-refractivity contribution in [2.24, 2.45) is 0 Å². The largest absolute Gasteiger partial charge is 0.489 e. The highest BCUT2D eigenvalue weighted by Crippen LogP contribution is 2.32. The van der Waals surface area contributed by atoms with Crippen molar-refractivity contribution in [2.75, 3.05) is 36.5 Å². The number of anilines is 2. The summed E-state index contributed by atoms with van der Waals surface area (Å²) >= 11 is 0. The highest BCUT2D eigenvalue weighted by molar-refractivity contribution is 5.67. The van der Waals surface area contributed by atoms with Gasteiger partial charge in [0, 0.05) is 31.3 Å². The molecule has 2 aromatic rings. The summed E-state index contributed by atoms with van der Waals surface area (Å²) in [4.78, 5) is 12.8. The van der Waals surface area contributed by atoms with Crippen LogP contribution in [0.3, 0.4) is 0 Å². The van der Waals surface area contributed by atoms with Gasteiger partial charge in [0.25, 0.3) is 0 Å². The zero-order valence-corrected chi connectivity index (χ0v) is 14.6. The van der Waals surface area contributed by atoms with Crippen LogP contribution in [0.2, 0.25) is 0 Å². The molecular formula is C20H23FN2O3. The number of carboxylic acids is 1. The van der Waals surface area contributed by atoms with Crippen LogP contribution in [0.25, 0.3) is 0 Å². The van der Waals surface area contributed by atoms with Crippen molar-refractivity contribution in [3.63, 3.8) is 0 Å². The normalized spacial score (nSPS) is 13.0. The molecule has 1 aliphatic heterocycles. The van der Waals surface area contributed by atoms with Gasteiger partial charge < -0.3 is 20.1 Å². The van der Waals surface area contributed by atoms with Gasteiger partial charge in [-0.2, -0.15) is 0 Å². The molecule has 3 rings (SSSR count). The zero-order chi connectivity index (χ0) is 18.4. The minimum absolute atomic E-state index is 0.150. The summed E-state index contributed by atoms with van der Waals surface area (Å²) in [6.45, 7) is 3.06. The van der Waals surface area contributed by atoms with Gasteiger partial charge >= 0.3 is 5.97 Å². The Morgan fingerprint density at radius 2 is 2.04 bits per heavy atom. The number of hydrogen-bond acceptors (Lipinski definition) is 4. The Morgan fingerprint density at radius 1 is 1.23 bits per heavy atom. The van der Waals surface area contributed by atoms with E-state index in [0.29, 0.717) is 18.8 Å². The molecule has 0 bridgehead atoms. The number of ether oxygens (including phenoxy) is 1. The van der Waals surface area contributed by atoms with E-state index in [1.165, 1.54) is 12.1 Å². The summed E-state index contributed by atoms with van der Waals surface area (Å²) in [5.74, 6) is -0.445. The van der Waals surface area contributed by atoms with Crippen LogP contribution in [-0.4, -0.2) is 37.3 Å². The molecule has 0 saturated carbocycles. The van der Waals surface area contributed by atoms with E-state index >= 15 is 0 Å². The van der Waals surface area contributed by atoms with Crippen LogP contribution < -0.4 is 15.0 Å². The number of rotatable bonds is 8. The summed E-state index contributed by atoms with van der Waals surface area (Å²) < 4.78 is 18.8. The molecule has 0 amide bonds. The zero-order valence-electron chi connectivity index (χ0n) is 14.6. The first kappa shape index (κ1) is 18.0. The molecule has 1 aliphatic rings. The van der Waals surface area contributed by atoms with E-state index in [1.54, 1.807) is 6.07 Å². The second kappa shape index (κ2) is 8.56. The predicted molar refractivity (Wildman–Crippen MR) is 99.6 cm³/mol. The standard InChI is InChI=1S/C20H23FN2O3/c21-16-5-8-18-19(14-16)26-13-12-23(18)11-1-10-22-17-6-2-15(3-7-17)4-9-20(24)25/h2-3,5-8,14,22H,1,4,9-13H2,(H,24,25). The van der Waals surface area contributed by atoms with E-state index in [1.807, 2.05) is 24.3 Å². The summed E-state index contributed by atoms with van der Waals surface area (Å²) in [6, 6.07) is 12.5. The SMILES string of the molecule is O=C(O)CCc1ccc(NCCCN2CCOc3cc(F)ccc32)cc1. The van der Waals surface area contributed by atoms with Gasteiger partial charge in [0.2, 0.25) is 0 Å². The average Bonchev–Trinajstić information content (AvgIpc) is 2.64. The van der Waals surface area contributed by atoms with Crippen LogP contribution >= 0.6 is 0 Å². The molecule has 0 fully saturated rings. The molecule has 0 atom stereocenters. The van der Waals surface area contributed by atoms with Crippen molar-refractivity contribution in [1.82, 2.24) is 0 Å². The third kappa shape index (κ3) is 4.88. The molecule has 0 aliphatic carbocycles. The van der Waals surface area contributed by atoms with Crippen LogP contribution in [-0.2, 0) is 11.2 Å². The quantitative estimate of drug-likeness (QED) is 0.707. The number of aliphatic carboxylic acids is 1. The fourth-order valence-electron chi connectivity index (χ4n) is 3.03. The third-order valence-corrected chi connectivity index (χ3v) is 4.40. The smallest absolute Gasteiger partial charge is 0.303 e. The molecule has 1 heterocycles. The number of halogens is 1. The van der Waals surface area contributed by atoms with Crippen LogP contribution in [0.15, 0.2) is 42.5 Å². The van der Waals surface area contributed by atoms with Gasteiger partial charge in [-0.15, -0.1) is 0 Å². The first-order chi connectivity index (χ1) is 12.6. The third-order valence-electron chi connectivity index (χ3n) is 4.40. The van der Waals surface area contributed by atoms with Gasteiger partial charge in [-0.3, -0.25) is 4.79 Å². The van der Waals surface area contributed by atoms with Gasteiger partial charge in [-0.25, -0.2) is 4.39 Å². The number of carboxylic acid groups (broad SMARTS) is 1. The minimum atomic E-state index is -0.778. The Kier molecular flexibility index (Phi) is 5.94. The van der Waals surface area contributed by atoms with E-state index in [2.05, 4.69) is 10.2 Å². The van der Waals surface area contributed by atoms with Crippen molar-refractivity contribution < 1.29 is 19.0 Å². The van der Waals surface area contributed by atoms with Gasteiger partial charge in [-0.05, 0) is 42.7 Å². The van der Waals surface area contributed by atoms with Crippen LogP contribution in [0.4, 0.5) is 15.8 Å². The molecule has 2 aromatic carbocycles. The number of nitrogens with zero attached hydrogens (tertiary/aromatic N) is 1. The van der Waals surface area contributed by atoms with Gasteiger partial charge in [0.1, 0.15) is 18.2 Å². The molecule has 0 aromatic heterocycles. The molecular weight excluding hydrogens is 335 g/mol. The highest BCUT2D eigenvalue weighted by atomic mass is 19.1. The van der Waals surface area contributed by atoms with Gasteiger partial charge in [0.05, 0.1) is 12.2 Å². The van der Waals surface area contributed by atoms with Crippen LogP contribution in [0.5, 0.6) is 5.75 Å². The van der Waals surface area contributed by atoms with Gasteiger partial charge in [0.15, 0.2) is 0 Å². The maximum Gasteiger partial charge on any atom is 0.303 e. The van der Waals surface area contributed by atoms with E-state index in [0.717, 1.165) is 43.0 Å². The van der Waals surface area contributed by atoms with Crippen molar-refractivity contribution >= 4 is 17.3 Å². The maximum absolute atomic E-state index is 13.3. The molecule has 0 saturated heterocycles. The second-order valence-electron chi connectivity index (χ2n) is 6.32. The number of carbonyl (C=O) groups is 1. The maximum atomic E-state index is 13.3. The lowest BCUT2D eigenvalue weighted by Crippen LogP contribution is -2.34. The second-order valence-corrected chi connectivity index (χ2v) is 6.32. The molecule has 2 N–H and O–H groups in total. The first-order valence-corrected chi connectivity index (χ1v) is 8.84. The van der Waals surface area contributed by atoms with Crippen LogP contribution in [0, 0.1) is 5.82 Å². The molecule has 0 spiro atoms. The Labute approximate surface area is 152 Å². The van der Waals surface area contributed by atoms with Gasteiger partial charge in [-0.1, -0.05) is 12.1 Å². The average molecular weight is 358 g/mol. The topological polar surface area (TPSA) is 61.8 Å². The Morgan fingerprint density at radius 3 is 2.81 bits per heavy atom. The number of nitrogens with one attached hydrogen (secondary N) is 1. The number of hydrogen-bond donors (Lipinski definition) is 2. The van der Waals surface area contributed by atoms with Crippen molar-refractivity contribution in [2.45, 2.75) is 19.3 Å². The molecule has 26 heavy (non-hydrogen) atoms. The van der Waals surface area contributed by atoms with E-state index in [-0.39, 0.29) is 12.2 Å².